The van der Waals surface area contributed by atoms with Crippen molar-refractivity contribution in [1.29, 1.82) is 0 Å². The maximum Gasteiger partial charge on any atom is 0.251 e. The van der Waals surface area contributed by atoms with Gasteiger partial charge < -0.3 is 20.1 Å². The van der Waals surface area contributed by atoms with E-state index in [1.165, 1.54) is 10.6 Å². The molecule has 2 aromatic carbocycles. The summed E-state index contributed by atoms with van der Waals surface area (Å²) in [6, 6.07) is 16.8. The lowest BCUT2D eigenvalue weighted by Gasteiger charge is -2.29. The molecular weight excluding hydrogens is 514 g/mol. The number of aromatic nitrogens is 3. The van der Waals surface area contributed by atoms with Crippen molar-refractivity contribution in [2.75, 3.05) is 43.1 Å². The Labute approximate surface area is 228 Å². The number of hydrogen-bond donors (Lipinski definition) is 2. The van der Waals surface area contributed by atoms with Gasteiger partial charge in [-0.05, 0) is 74.9 Å². The van der Waals surface area contributed by atoms with Crippen molar-refractivity contribution in [1.82, 2.24) is 24.8 Å². The zero-order valence-corrected chi connectivity index (χ0v) is 23.1. The van der Waals surface area contributed by atoms with Gasteiger partial charge in [-0.15, -0.1) is 0 Å². The first kappa shape index (κ1) is 26.6. The van der Waals surface area contributed by atoms with Crippen LogP contribution in [0.3, 0.4) is 0 Å². The maximum atomic E-state index is 12.7. The van der Waals surface area contributed by atoms with E-state index in [0.29, 0.717) is 23.7 Å². The normalized spacial score (nSPS) is 14.8. The van der Waals surface area contributed by atoms with Crippen molar-refractivity contribution in [3.05, 3.63) is 78.1 Å². The Kier molecular flexibility index (Phi) is 7.53. The molecule has 1 aliphatic rings. The molecule has 0 unspecified atom stereocenters. The van der Waals surface area contributed by atoms with Crippen molar-refractivity contribution in [2.24, 2.45) is 0 Å². The zero-order valence-electron chi connectivity index (χ0n) is 22.3. The Morgan fingerprint density at radius 3 is 2.51 bits per heavy atom. The number of carbonyl (C=O) groups is 1. The highest BCUT2D eigenvalue weighted by molar-refractivity contribution is 7.92. The topological polar surface area (TPSA) is 112 Å². The Bertz CT molecular complexity index is 1580. The van der Waals surface area contributed by atoms with E-state index in [2.05, 4.69) is 27.6 Å². The summed E-state index contributed by atoms with van der Waals surface area (Å²) < 4.78 is 27.5. The molecule has 2 aromatic heterocycles. The SMILES string of the molecule is CN1CCC(NC(=O)c2ccc(Nc3ncc4ccn(Cc5ccccc5N(C)S(C)(=O)=O)c4n3)cc2)CC1. The van der Waals surface area contributed by atoms with Gasteiger partial charge in [0.15, 0.2) is 0 Å². The van der Waals surface area contributed by atoms with Crippen LogP contribution in [-0.2, 0) is 16.6 Å². The third-order valence-corrected chi connectivity index (χ3v) is 8.32. The van der Waals surface area contributed by atoms with Crippen LogP contribution in [0.25, 0.3) is 11.0 Å². The summed E-state index contributed by atoms with van der Waals surface area (Å²) in [5, 5.41) is 7.23. The molecule has 1 saturated heterocycles. The summed E-state index contributed by atoms with van der Waals surface area (Å²) in [7, 11) is 0.253. The van der Waals surface area contributed by atoms with Crippen molar-refractivity contribution in [3.8, 4) is 0 Å². The van der Waals surface area contributed by atoms with Crippen molar-refractivity contribution in [3.63, 3.8) is 0 Å². The fourth-order valence-corrected chi connectivity index (χ4v) is 5.26. The molecular formula is C28H33N7O3S. The minimum Gasteiger partial charge on any atom is -0.349 e. The lowest BCUT2D eigenvalue weighted by Crippen LogP contribution is -2.43. The summed E-state index contributed by atoms with van der Waals surface area (Å²) in [6.45, 7) is 2.43. The third kappa shape index (κ3) is 6.21. The number of hydrogen-bond acceptors (Lipinski definition) is 7. The standard InChI is InChI=1S/C28H33N7O3S/c1-33-15-13-24(14-16-33)30-27(36)20-8-10-23(11-9-20)31-28-29-18-21-12-17-35(26(21)32-28)19-22-6-4-5-7-25(22)34(2)39(3,37)38/h4-12,17-18,24H,13-16,19H2,1-3H3,(H,30,36)(H,29,31,32). The van der Waals surface area contributed by atoms with Gasteiger partial charge in [0.25, 0.3) is 5.91 Å². The first-order valence-electron chi connectivity index (χ1n) is 12.9. The van der Waals surface area contributed by atoms with Crippen molar-refractivity contribution >= 4 is 44.3 Å². The molecule has 11 heteroatoms. The van der Waals surface area contributed by atoms with Crippen LogP contribution in [0, 0.1) is 0 Å². The molecule has 0 aliphatic carbocycles. The van der Waals surface area contributed by atoms with E-state index in [-0.39, 0.29) is 11.9 Å². The van der Waals surface area contributed by atoms with Gasteiger partial charge >= 0.3 is 0 Å². The molecule has 4 aromatic rings. The molecule has 0 radical (unpaired) electrons. The Balaban J connectivity index is 1.30. The van der Waals surface area contributed by atoms with Gasteiger partial charge in [-0.3, -0.25) is 9.10 Å². The van der Waals surface area contributed by atoms with Crippen LogP contribution in [0.5, 0.6) is 0 Å². The number of amides is 1. The maximum absolute atomic E-state index is 12.7. The number of carbonyl (C=O) groups excluding carboxylic acids is 1. The van der Waals surface area contributed by atoms with Crippen LogP contribution < -0.4 is 14.9 Å². The van der Waals surface area contributed by atoms with Crippen molar-refractivity contribution in [2.45, 2.75) is 25.4 Å². The van der Waals surface area contributed by atoms with Gasteiger partial charge in [-0.25, -0.2) is 13.4 Å². The van der Waals surface area contributed by atoms with Gasteiger partial charge in [0.1, 0.15) is 5.65 Å². The minimum atomic E-state index is -3.40. The van der Waals surface area contributed by atoms with Crippen LogP contribution in [0.15, 0.2) is 67.0 Å². The first-order chi connectivity index (χ1) is 18.7. The number of nitrogens with one attached hydrogen (secondary N) is 2. The molecule has 5 rings (SSSR count). The summed E-state index contributed by atoms with van der Waals surface area (Å²) >= 11 is 0. The molecule has 0 atom stereocenters. The predicted octanol–water partition coefficient (Wildman–Crippen LogP) is 3.44. The summed E-state index contributed by atoms with van der Waals surface area (Å²) in [6.07, 6.45) is 6.78. The number of anilines is 3. The molecule has 1 aliphatic heterocycles. The molecule has 0 spiro atoms. The molecule has 2 N–H and O–H groups in total. The lowest BCUT2D eigenvalue weighted by atomic mass is 10.0. The third-order valence-electron chi connectivity index (χ3n) is 7.13. The Morgan fingerprint density at radius 2 is 1.79 bits per heavy atom. The molecule has 3 heterocycles. The number of rotatable bonds is 8. The summed E-state index contributed by atoms with van der Waals surface area (Å²) in [5.74, 6) is 0.362. The molecule has 0 saturated carbocycles. The molecule has 1 fully saturated rings. The Morgan fingerprint density at radius 1 is 1.08 bits per heavy atom. The molecule has 204 valence electrons. The van der Waals surface area contributed by atoms with Crippen LogP contribution >= 0.6 is 0 Å². The number of para-hydroxylation sites is 1. The van der Waals surface area contributed by atoms with Gasteiger partial charge in [0, 0.05) is 42.1 Å². The summed E-state index contributed by atoms with van der Waals surface area (Å²) in [4.78, 5) is 24.1. The quantitative estimate of drug-likeness (QED) is 0.348. The second-order valence-electron chi connectivity index (χ2n) is 10.0. The highest BCUT2D eigenvalue weighted by Crippen LogP contribution is 2.25. The van der Waals surface area contributed by atoms with Gasteiger partial charge in [-0.2, -0.15) is 4.98 Å². The zero-order chi connectivity index (χ0) is 27.6. The van der Waals surface area contributed by atoms with E-state index < -0.39 is 10.0 Å². The average molecular weight is 548 g/mol. The highest BCUT2D eigenvalue weighted by Gasteiger charge is 2.19. The van der Waals surface area contributed by atoms with Crippen molar-refractivity contribution < 1.29 is 13.2 Å². The number of fused-ring (bicyclic) bond motifs is 1. The Hall–Kier alpha value is -3.96. The number of benzene rings is 2. The second-order valence-corrected chi connectivity index (χ2v) is 12.0. The molecule has 0 bridgehead atoms. The first-order valence-corrected chi connectivity index (χ1v) is 14.7. The van der Waals surface area contributed by atoms with Crippen LogP contribution in [0.4, 0.5) is 17.3 Å². The average Bonchev–Trinajstić information content (AvgIpc) is 3.31. The fourth-order valence-electron chi connectivity index (χ4n) is 4.73. The minimum absolute atomic E-state index is 0.0617. The van der Waals surface area contributed by atoms with E-state index >= 15 is 0 Å². The van der Waals surface area contributed by atoms with E-state index in [1.807, 2.05) is 47.2 Å². The highest BCUT2D eigenvalue weighted by atomic mass is 32.2. The van der Waals surface area contributed by atoms with Crippen LogP contribution in [-0.4, -0.2) is 73.2 Å². The smallest absolute Gasteiger partial charge is 0.251 e. The van der Waals surface area contributed by atoms with E-state index in [1.54, 1.807) is 31.4 Å². The van der Waals surface area contributed by atoms with Gasteiger partial charge in [0.2, 0.25) is 16.0 Å². The largest absolute Gasteiger partial charge is 0.349 e. The molecule has 1 amide bonds. The summed E-state index contributed by atoms with van der Waals surface area (Å²) in [5.41, 5.74) is 3.57. The molecule has 39 heavy (non-hydrogen) atoms. The lowest BCUT2D eigenvalue weighted by molar-refractivity contribution is 0.0917. The van der Waals surface area contributed by atoms with E-state index in [4.69, 9.17) is 4.98 Å². The number of likely N-dealkylation sites (tertiary alicyclic amines) is 1. The number of piperidine rings is 1. The predicted molar refractivity (Wildman–Crippen MR) is 154 cm³/mol. The number of sulfonamides is 1. The monoisotopic (exact) mass is 547 g/mol. The molecule has 10 nitrogen and oxygen atoms in total. The second kappa shape index (κ2) is 11.0. The van der Waals surface area contributed by atoms with E-state index in [0.717, 1.165) is 48.2 Å². The number of nitrogens with zero attached hydrogens (tertiary/aromatic N) is 5. The van der Waals surface area contributed by atoms with Gasteiger partial charge in [0.05, 0.1) is 18.5 Å². The van der Waals surface area contributed by atoms with Crippen LogP contribution in [0.1, 0.15) is 28.8 Å². The van der Waals surface area contributed by atoms with Crippen LogP contribution in [0.2, 0.25) is 0 Å². The van der Waals surface area contributed by atoms with E-state index in [9.17, 15) is 13.2 Å². The van der Waals surface area contributed by atoms with Gasteiger partial charge in [-0.1, -0.05) is 18.2 Å². The fraction of sp³-hybridized carbons (Fsp3) is 0.321.